The van der Waals surface area contributed by atoms with Crippen LogP contribution in [0.25, 0.3) is 6.08 Å². The van der Waals surface area contributed by atoms with Crippen LogP contribution in [0.5, 0.6) is 0 Å². The molecule has 1 heterocycles. The first-order valence-electron chi connectivity index (χ1n) is 5.82. The molecular formula is C14H13ClN2O. The lowest BCUT2D eigenvalue weighted by Crippen LogP contribution is -2.31. The van der Waals surface area contributed by atoms with Crippen molar-refractivity contribution in [3.63, 3.8) is 0 Å². The van der Waals surface area contributed by atoms with Crippen LogP contribution in [0.3, 0.4) is 0 Å². The Hall–Kier alpha value is -1.79. The first-order chi connectivity index (χ1) is 8.77. The van der Waals surface area contributed by atoms with Crippen molar-refractivity contribution >= 4 is 23.6 Å². The molecule has 1 amide bonds. The van der Waals surface area contributed by atoms with Crippen LogP contribution in [-0.4, -0.2) is 16.7 Å². The molecule has 0 aliphatic carbocycles. The van der Waals surface area contributed by atoms with Gasteiger partial charge in [0, 0.05) is 18.5 Å². The second-order valence-electron chi connectivity index (χ2n) is 4.07. The highest BCUT2D eigenvalue weighted by molar-refractivity contribution is 6.17. The van der Waals surface area contributed by atoms with Crippen molar-refractivity contribution in [1.29, 1.82) is 5.26 Å². The van der Waals surface area contributed by atoms with Crippen molar-refractivity contribution in [3.8, 4) is 6.07 Å². The predicted molar refractivity (Wildman–Crippen MR) is 70.6 cm³/mol. The van der Waals surface area contributed by atoms with E-state index in [4.69, 9.17) is 11.6 Å². The molecule has 0 fully saturated rings. The fraction of sp³-hybridized carbons (Fsp3) is 0.286. The molecule has 0 unspecified atom stereocenters. The van der Waals surface area contributed by atoms with Crippen molar-refractivity contribution < 1.29 is 4.79 Å². The molecule has 1 aromatic carbocycles. The van der Waals surface area contributed by atoms with Crippen molar-refractivity contribution in [1.82, 2.24) is 4.90 Å². The number of halogens is 1. The molecule has 4 heteroatoms. The summed E-state index contributed by atoms with van der Waals surface area (Å²) in [5, 5.41) is 9.28. The van der Waals surface area contributed by atoms with E-state index in [1.165, 1.54) is 4.90 Å². The number of carbonyl (C=O) groups is 1. The van der Waals surface area contributed by atoms with E-state index < -0.39 is 6.04 Å². The van der Waals surface area contributed by atoms with Crippen molar-refractivity contribution in [2.45, 2.75) is 18.9 Å². The second-order valence-corrected chi connectivity index (χ2v) is 4.45. The van der Waals surface area contributed by atoms with Gasteiger partial charge in [0.25, 0.3) is 0 Å². The third kappa shape index (κ3) is 2.39. The highest BCUT2D eigenvalue weighted by Crippen LogP contribution is 2.30. The molecule has 3 nitrogen and oxygen atoms in total. The zero-order valence-corrected chi connectivity index (χ0v) is 10.6. The van der Waals surface area contributed by atoms with Crippen LogP contribution in [-0.2, 0) is 4.79 Å². The maximum absolute atomic E-state index is 12.0. The van der Waals surface area contributed by atoms with Crippen LogP contribution in [0.1, 0.15) is 30.0 Å². The van der Waals surface area contributed by atoms with E-state index in [2.05, 4.69) is 6.07 Å². The zero-order valence-electron chi connectivity index (χ0n) is 9.84. The first kappa shape index (κ1) is 12.7. The Kier molecular flexibility index (Phi) is 4.01. The fourth-order valence-electron chi connectivity index (χ4n) is 2.01. The lowest BCUT2D eigenvalue weighted by molar-refractivity contribution is -0.129. The Morgan fingerprint density at radius 3 is 2.94 bits per heavy atom. The minimum atomic E-state index is -0.533. The van der Waals surface area contributed by atoms with Crippen molar-refractivity contribution in [2.24, 2.45) is 0 Å². The standard InChI is InChI=1S/C14H13ClN2O/c15-8-3-6-14(18)17-9-7-11-4-1-2-5-12(11)13(17)10-16/h1-2,4-5,7,9,13H,3,6,8H2/t13-/m0/s1. The molecule has 1 aromatic rings. The molecule has 2 rings (SSSR count). The number of carbonyl (C=O) groups excluding carboxylic acids is 1. The van der Waals surface area contributed by atoms with Gasteiger partial charge in [-0.25, -0.2) is 0 Å². The summed E-state index contributed by atoms with van der Waals surface area (Å²) in [7, 11) is 0. The minimum Gasteiger partial charge on any atom is -0.298 e. The number of alkyl halides is 1. The molecule has 0 radical (unpaired) electrons. The Morgan fingerprint density at radius 2 is 2.22 bits per heavy atom. The van der Waals surface area contributed by atoms with Gasteiger partial charge in [-0.2, -0.15) is 5.26 Å². The highest BCUT2D eigenvalue weighted by Gasteiger charge is 2.26. The van der Waals surface area contributed by atoms with Gasteiger partial charge in [-0.3, -0.25) is 9.69 Å². The maximum Gasteiger partial charge on any atom is 0.227 e. The lowest BCUT2D eigenvalue weighted by atomic mass is 9.97. The third-order valence-electron chi connectivity index (χ3n) is 2.92. The number of rotatable bonds is 3. The summed E-state index contributed by atoms with van der Waals surface area (Å²) in [5.74, 6) is 0.393. The smallest absolute Gasteiger partial charge is 0.227 e. The topological polar surface area (TPSA) is 44.1 Å². The molecule has 0 saturated heterocycles. The Morgan fingerprint density at radius 1 is 1.44 bits per heavy atom. The number of hydrogen-bond donors (Lipinski definition) is 0. The van der Waals surface area contributed by atoms with Gasteiger partial charge in [0.05, 0.1) is 6.07 Å². The molecule has 92 valence electrons. The number of amides is 1. The van der Waals surface area contributed by atoms with E-state index in [1.54, 1.807) is 6.20 Å². The summed E-state index contributed by atoms with van der Waals surface area (Å²) in [6.45, 7) is 0. The number of hydrogen-bond acceptors (Lipinski definition) is 2. The van der Waals surface area contributed by atoms with Gasteiger partial charge in [0.2, 0.25) is 5.91 Å². The van der Waals surface area contributed by atoms with Gasteiger partial charge < -0.3 is 0 Å². The van der Waals surface area contributed by atoms with Crippen molar-refractivity contribution in [2.75, 3.05) is 5.88 Å². The molecule has 0 spiro atoms. The number of nitrogens with zero attached hydrogens (tertiary/aromatic N) is 2. The van der Waals surface area contributed by atoms with Gasteiger partial charge in [-0.1, -0.05) is 24.3 Å². The number of fused-ring (bicyclic) bond motifs is 1. The van der Waals surface area contributed by atoms with Crippen LogP contribution in [0, 0.1) is 11.3 Å². The first-order valence-corrected chi connectivity index (χ1v) is 6.35. The lowest BCUT2D eigenvalue weighted by Gasteiger charge is -2.28. The monoisotopic (exact) mass is 260 g/mol. The predicted octanol–water partition coefficient (Wildman–Crippen LogP) is 3.08. The van der Waals surface area contributed by atoms with Crippen LogP contribution in [0.4, 0.5) is 0 Å². The fourth-order valence-corrected chi connectivity index (χ4v) is 2.15. The minimum absolute atomic E-state index is 0.0621. The molecule has 1 aliphatic rings. The van der Waals surface area contributed by atoms with Gasteiger partial charge in [0.1, 0.15) is 6.04 Å². The molecular weight excluding hydrogens is 248 g/mol. The van der Waals surface area contributed by atoms with Crippen LogP contribution < -0.4 is 0 Å². The molecule has 18 heavy (non-hydrogen) atoms. The van der Waals surface area contributed by atoms with Crippen LogP contribution in [0.15, 0.2) is 30.5 Å². The second kappa shape index (κ2) is 5.70. The zero-order chi connectivity index (χ0) is 13.0. The quantitative estimate of drug-likeness (QED) is 0.784. The van der Waals surface area contributed by atoms with E-state index in [0.29, 0.717) is 18.7 Å². The van der Waals surface area contributed by atoms with Gasteiger partial charge in [-0.05, 0) is 23.6 Å². The summed E-state index contributed by atoms with van der Waals surface area (Å²) >= 11 is 5.58. The Bertz CT molecular complexity index is 519. The van der Waals surface area contributed by atoms with E-state index >= 15 is 0 Å². The van der Waals surface area contributed by atoms with Crippen LogP contribution >= 0.6 is 11.6 Å². The van der Waals surface area contributed by atoms with Crippen LogP contribution in [0.2, 0.25) is 0 Å². The van der Waals surface area contributed by atoms with E-state index in [9.17, 15) is 10.1 Å². The Balaban J connectivity index is 2.26. The third-order valence-corrected chi connectivity index (χ3v) is 3.19. The Labute approximate surface area is 111 Å². The molecule has 0 bridgehead atoms. The van der Waals surface area contributed by atoms with Gasteiger partial charge in [0.15, 0.2) is 0 Å². The van der Waals surface area contributed by atoms with Gasteiger partial charge in [-0.15, -0.1) is 11.6 Å². The van der Waals surface area contributed by atoms with E-state index in [1.807, 2.05) is 30.3 Å². The van der Waals surface area contributed by atoms with Gasteiger partial charge >= 0.3 is 0 Å². The average Bonchev–Trinajstić information content (AvgIpc) is 2.43. The molecule has 1 atom stereocenters. The molecule has 1 aliphatic heterocycles. The normalized spacial score (nSPS) is 17.1. The highest BCUT2D eigenvalue weighted by atomic mass is 35.5. The number of nitriles is 1. The molecule has 0 N–H and O–H groups in total. The summed E-state index contributed by atoms with van der Waals surface area (Å²) in [6, 6.07) is 9.28. The van der Waals surface area contributed by atoms with E-state index in [-0.39, 0.29) is 5.91 Å². The summed E-state index contributed by atoms with van der Waals surface area (Å²) in [5.41, 5.74) is 1.87. The summed E-state index contributed by atoms with van der Waals surface area (Å²) in [6.07, 6.45) is 4.55. The average molecular weight is 261 g/mol. The maximum atomic E-state index is 12.0. The largest absolute Gasteiger partial charge is 0.298 e. The van der Waals surface area contributed by atoms with E-state index in [0.717, 1.165) is 11.1 Å². The number of benzene rings is 1. The SMILES string of the molecule is N#C[C@H]1c2ccccc2C=CN1C(=O)CCCCl. The van der Waals surface area contributed by atoms with Crippen molar-refractivity contribution in [3.05, 3.63) is 41.6 Å². The summed E-state index contributed by atoms with van der Waals surface area (Å²) in [4.78, 5) is 13.5. The molecule has 0 aromatic heterocycles. The summed E-state index contributed by atoms with van der Waals surface area (Å²) < 4.78 is 0. The molecule has 0 saturated carbocycles.